The van der Waals surface area contributed by atoms with Crippen LogP contribution >= 0.6 is 0 Å². The predicted octanol–water partition coefficient (Wildman–Crippen LogP) is 5.27. The first-order valence-electron chi connectivity index (χ1n) is 10.8. The maximum Gasteiger partial charge on any atom is 0.288 e. The van der Waals surface area contributed by atoms with Gasteiger partial charge < -0.3 is 4.57 Å². The van der Waals surface area contributed by atoms with Gasteiger partial charge in [0.05, 0.1) is 5.71 Å². The van der Waals surface area contributed by atoms with E-state index in [1.54, 1.807) is 12.4 Å². The largest absolute Gasteiger partial charge is 0.332 e. The Bertz CT molecular complexity index is 1370. The van der Waals surface area contributed by atoms with Gasteiger partial charge in [-0.15, -0.1) is 0 Å². The van der Waals surface area contributed by atoms with Crippen LogP contribution in [-0.2, 0) is 6.54 Å². The van der Waals surface area contributed by atoms with Gasteiger partial charge in [0.25, 0.3) is 5.91 Å². The second-order valence-corrected chi connectivity index (χ2v) is 7.66. The fourth-order valence-corrected chi connectivity index (χ4v) is 3.90. The highest BCUT2D eigenvalue weighted by molar-refractivity contribution is 6.13. The van der Waals surface area contributed by atoms with E-state index < -0.39 is 0 Å². The fraction of sp³-hybridized carbons (Fsp3) is 0.0357. The number of carbonyl (C=O) groups is 1. The molecule has 0 aliphatic heterocycles. The van der Waals surface area contributed by atoms with Crippen molar-refractivity contribution in [1.82, 2.24) is 15.0 Å². The Kier molecular flexibility index (Phi) is 5.76. The highest BCUT2D eigenvalue weighted by Crippen LogP contribution is 2.21. The number of hydrogen-bond acceptors (Lipinski definition) is 3. The van der Waals surface area contributed by atoms with E-state index in [9.17, 15) is 4.79 Å². The molecule has 33 heavy (non-hydrogen) atoms. The maximum absolute atomic E-state index is 13.3. The third kappa shape index (κ3) is 4.43. The van der Waals surface area contributed by atoms with Crippen LogP contribution in [0.5, 0.6) is 0 Å². The van der Waals surface area contributed by atoms with E-state index in [1.807, 2.05) is 95.6 Å². The molecule has 0 fully saturated rings. The second-order valence-electron chi connectivity index (χ2n) is 7.66. The van der Waals surface area contributed by atoms with E-state index in [0.717, 1.165) is 27.6 Å². The van der Waals surface area contributed by atoms with Gasteiger partial charge in [0, 0.05) is 41.0 Å². The average molecular weight is 431 g/mol. The van der Waals surface area contributed by atoms with E-state index >= 15 is 0 Å². The summed E-state index contributed by atoms with van der Waals surface area (Å²) in [6, 6.07) is 33.6. The third-order valence-corrected chi connectivity index (χ3v) is 5.50. The second kappa shape index (κ2) is 9.32. The quantitative estimate of drug-likeness (QED) is 0.295. The van der Waals surface area contributed by atoms with Gasteiger partial charge in [-0.25, -0.2) is 5.43 Å². The lowest BCUT2D eigenvalue weighted by Gasteiger charge is -2.11. The minimum absolute atomic E-state index is 0.260. The fourth-order valence-electron chi connectivity index (χ4n) is 3.90. The Labute approximate surface area is 192 Å². The average Bonchev–Trinajstić information content (AvgIpc) is 3.24. The summed E-state index contributed by atoms with van der Waals surface area (Å²) in [5.74, 6) is -0.260. The zero-order chi connectivity index (χ0) is 22.5. The van der Waals surface area contributed by atoms with Gasteiger partial charge in [0.2, 0.25) is 0 Å². The van der Waals surface area contributed by atoms with Gasteiger partial charge in [-0.05, 0) is 29.8 Å². The molecular formula is C28H22N4O. The van der Waals surface area contributed by atoms with Crippen LogP contribution in [-0.4, -0.2) is 21.2 Å². The molecular weight excluding hydrogens is 408 g/mol. The molecule has 0 aliphatic carbocycles. The first-order valence-corrected chi connectivity index (χ1v) is 10.8. The minimum Gasteiger partial charge on any atom is -0.332 e. The van der Waals surface area contributed by atoms with Crippen LogP contribution in [0.15, 0.2) is 121 Å². The van der Waals surface area contributed by atoms with Crippen LogP contribution in [0.4, 0.5) is 0 Å². The topological polar surface area (TPSA) is 59.3 Å². The summed E-state index contributed by atoms with van der Waals surface area (Å²) in [6.07, 6.45) is 3.43. The zero-order valence-electron chi connectivity index (χ0n) is 17.9. The van der Waals surface area contributed by atoms with Crippen molar-refractivity contribution in [2.24, 2.45) is 5.10 Å². The minimum atomic E-state index is -0.260. The smallest absolute Gasteiger partial charge is 0.288 e. The number of hydrazone groups is 1. The summed E-state index contributed by atoms with van der Waals surface area (Å²) in [5, 5.41) is 5.55. The number of rotatable bonds is 6. The predicted molar refractivity (Wildman–Crippen MR) is 131 cm³/mol. The van der Waals surface area contributed by atoms with E-state index in [4.69, 9.17) is 0 Å². The molecule has 0 radical (unpaired) electrons. The van der Waals surface area contributed by atoms with Gasteiger partial charge in [0.1, 0.15) is 5.69 Å². The van der Waals surface area contributed by atoms with Crippen LogP contribution in [0.1, 0.15) is 27.2 Å². The Morgan fingerprint density at radius 3 is 2.18 bits per heavy atom. The number of fused-ring (bicyclic) bond motifs is 1. The van der Waals surface area contributed by atoms with Gasteiger partial charge >= 0.3 is 0 Å². The molecule has 3 aromatic carbocycles. The van der Waals surface area contributed by atoms with Gasteiger partial charge in [-0.3, -0.25) is 9.78 Å². The number of nitrogens with zero attached hydrogens (tertiary/aromatic N) is 3. The van der Waals surface area contributed by atoms with Crippen LogP contribution in [0, 0.1) is 0 Å². The Morgan fingerprint density at radius 1 is 0.788 bits per heavy atom. The molecule has 0 saturated carbocycles. The van der Waals surface area contributed by atoms with Crippen molar-refractivity contribution in [3.8, 4) is 0 Å². The molecule has 5 heteroatoms. The summed E-state index contributed by atoms with van der Waals surface area (Å²) < 4.78 is 2.03. The van der Waals surface area contributed by atoms with E-state index in [2.05, 4.69) is 27.6 Å². The number of aromatic nitrogens is 2. The number of hydrogen-bond donors (Lipinski definition) is 1. The molecule has 0 aliphatic rings. The molecule has 1 N–H and O–H groups in total. The molecule has 5 nitrogen and oxygen atoms in total. The molecule has 160 valence electrons. The summed E-state index contributed by atoms with van der Waals surface area (Å²) >= 11 is 0. The SMILES string of the molecule is O=C(NN=C(c1ccccc1)c1ccncc1)c1cc2ccccc2n1Cc1ccccc1. The number of benzene rings is 3. The molecule has 5 aromatic rings. The molecule has 0 saturated heterocycles. The summed E-state index contributed by atoms with van der Waals surface area (Å²) in [6.45, 7) is 0.594. The normalized spacial score (nSPS) is 11.5. The summed E-state index contributed by atoms with van der Waals surface area (Å²) in [7, 11) is 0. The molecule has 2 heterocycles. The van der Waals surface area contributed by atoms with Crippen molar-refractivity contribution < 1.29 is 4.79 Å². The van der Waals surface area contributed by atoms with Gasteiger partial charge in [-0.1, -0.05) is 78.9 Å². The molecule has 0 atom stereocenters. The number of amides is 1. The van der Waals surface area contributed by atoms with Gasteiger partial charge in [-0.2, -0.15) is 5.10 Å². The highest BCUT2D eigenvalue weighted by atomic mass is 16.2. The molecule has 0 unspecified atom stereocenters. The van der Waals surface area contributed by atoms with Crippen molar-refractivity contribution in [1.29, 1.82) is 0 Å². The third-order valence-electron chi connectivity index (χ3n) is 5.50. The maximum atomic E-state index is 13.3. The zero-order valence-corrected chi connectivity index (χ0v) is 17.9. The molecule has 0 spiro atoms. The lowest BCUT2D eigenvalue weighted by Crippen LogP contribution is -2.23. The lowest BCUT2D eigenvalue weighted by atomic mass is 10.0. The molecule has 2 aromatic heterocycles. The number of nitrogens with one attached hydrogen (secondary N) is 1. The highest BCUT2D eigenvalue weighted by Gasteiger charge is 2.16. The van der Waals surface area contributed by atoms with Crippen LogP contribution in [0.25, 0.3) is 10.9 Å². The van der Waals surface area contributed by atoms with Crippen molar-refractivity contribution in [2.75, 3.05) is 0 Å². The van der Waals surface area contributed by atoms with E-state index in [0.29, 0.717) is 18.0 Å². The Hall–Kier alpha value is -4.51. The summed E-state index contributed by atoms with van der Waals surface area (Å²) in [5.41, 5.74) is 7.95. The standard InChI is InChI=1S/C28H22N4O/c33-28(31-30-27(22-11-5-2-6-12-22)23-15-17-29-18-16-23)26-19-24-13-7-8-14-25(24)32(26)20-21-9-3-1-4-10-21/h1-19H,20H2,(H,31,33). The molecule has 0 bridgehead atoms. The van der Waals surface area contributed by atoms with Crippen molar-refractivity contribution in [3.05, 3.63) is 138 Å². The lowest BCUT2D eigenvalue weighted by molar-refractivity contribution is 0.0946. The van der Waals surface area contributed by atoms with Crippen molar-refractivity contribution in [2.45, 2.75) is 6.54 Å². The van der Waals surface area contributed by atoms with Gasteiger partial charge in [0.15, 0.2) is 0 Å². The monoisotopic (exact) mass is 430 g/mol. The van der Waals surface area contributed by atoms with E-state index in [1.165, 1.54) is 0 Å². The number of carbonyl (C=O) groups excluding carboxylic acids is 1. The van der Waals surface area contributed by atoms with Crippen LogP contribution in [0.2, 0.25) is 0 Å². The van der Waals surface area contributed by atoms with Crippen molar-refractivity contribution in [3.63, 3.8) is 0 Å². The van der Waals surface area contributed by atoms with Crippen molar-refractivity contribution >= 4 is 22.5 Å². The van der Waals surface area contributed by atoms with Crippen LogP contribution in [0.3, 0.4) is 0 Å². The Morgan fingerprint density at radius 2 is 1.42 bits per heavy atom. The molecule has 5 rings (SSSR count). The molecule has 1 amide bonds. The summed E-state index contributed by atoms with van der Waals surface area (Å²) in [4.78, 5) is 17.4. The van der Waals surface area contributed by atoms with Crippen LogP contribution < -0.4 is 5.43 Å². The number of pyridine rings is 1. The first-order chi connectivity index (χ1) is 16.3. The number of para-hydroxylation sites is 1. The van der Waals surface area contributed by atoms with E-state index in [-0.39, 0.29) is 5.91 Å². The first kappa shape index (κ1) is 20.4. The Balaban J connectivity index is 1.52.